The number of ketones is 1. The molecule has 7 heteroatoms. The summed E-state index contributed by atoms with van der Waals surface area (Å²) < 4.78 is 0. The van der Waals surface area contributed by atoms with Crippen molar-refractivity contribution in [3.63, 3.8) is 0 Å². The molecule has 2 aliphatic rings. The molecule has 0 spiro atoms. The summed E-state index contributed by atoms with van der Waals surface area (Å²) in [5.74, 6) is -0.716. The number of fused-ring (bicyclic) bond motifs is 2. The van der Waals surface area contributed by atoms with Gasteiger partial charge in [-0.05, 0) is 100 Å². The summed E-state index contributed by atoms with van der Waals surface area (Å²) >= 11 is 0. The van der Waals surface area contributed by atoms with E-state index in [1.54, 1.807) is 30.3 Å². The fourth-order valence-corrected chi connectivity index (χ4v) is 8.42. The van der Waals surface area contributed by atoms with Crippen LogP contribution in [0.5, 0.6) is 0 Å². The van der Waals surface area contributed by atoms with Crippen molar-refractivity contribution in [3.8, 4) is 0 Å². The van der Waals surface area contributed by atoms with Gasteiger partial charge in [0, 0.05) is 34.4 Å². The highest BCUT2D eigenvalue weighted by Crippen LogP contribution is 2.44. The molecular weight excluding hydrogens is 590 g/mol. The zero-order valence-corrected chi connectivity index (χ0v) is 27.0. The number of carbonyl (C=O) groups is 4. The second-order valence-corrected chi connectivity index (χ2v) is 14.3. The number of aromatic carboxylic acids is 2. The second kappa shape index (κ2) is 12.3. The Kier molecular flexibility index (Phi) is 8.11. The van der Waals surface area contributed by atoms with E-state index >= 15 is 0 Å². The SMILES string of the molecule is CC1CCC(CCC(=O)c2ccc3c4ccc(C(=O)O)c5c(C(=O)NC6CCC(C)CC6)ccc(c6ccc(C(=O)O)c2c36)c54)CC1. The fraction of sp³-hybridized carbons (Fsp3) is 0.400. The molecule has 0 atom stereocenters. The minimum absolute atomic E-state index is 0.0405. The van der Waals surface area contributed by atoms with Crippen LogP contribution in [-0.4, -0.2) is 39.9 Å². The Bertz CT molecular complexity index is 2040. The highest BCUT2D eigenvalue weighted by Gasteiger charge is 2.28. The number of carboxylic acid groups (broad SMARTS) is 2. The van der Waals surface area contributed by atoms with E-state index in [0.29, 0.717) is 50.9 Å². The number of nitrogens with one attached hydrogen (secondary N) is 1. The van der Waals surface area contributed by atoms with Crippen LogP contribution in [0.1, 0.15) is 119 Å². The summed E-state index contributed by atoms with van der Waals surface area (Å²) in [7, 11) is 0. The van der Waals surface area contributed by atoms with E-state index in [0.717, 1.165) is 72.4 Å². The minimum Gasteiger partial charge on any atom is -0.478 e. The van der Waals surface area contributed by atoms with Crippen molar-refractivity contribution >= 4 is 66.7 Å². The standard InChI is InChI=1S/C40H41NO6/c1-21-3-7-23(8-4-21)9-20-33(42)29-16-12-25-28-15-19-32(40(46)47)37-30(38(43)41-24-10-5-22(2)6-11-24)17-13-26(35(28)37)27-14-18-31(39(44)45)36(29)34(25)27/h12-19,21-24H,3-11,20H2,1-2H3,(H,41,43)(H,44,45)(H,46,47). The van der Waals surface area contributed by atoms with Gasteiger partial charge in [0.25, 0.3) is 5.91 Å². The summed E-state index contributed by atoms with van der Waals surface area (Å²) in [6.45, 7) is 4.50. The predicted molar refractivity (Wildman–Crippen MR) is 185 cm³/mol. The molecule has 47 heavy (non-hydrogen) atoms. The minimum atomic E-state index is -1.13. The van der Waals surface area contributed by atoms with E-state index in [2.05, 4.69) is 19.2 Å². The van der Waals surface area contributed by atoms with Crippen LogP contribution in [0, 0.1) is 17.8 Å². The number of rotatable bonds is 8. The first kappa shape index (κ1) is 31.1. The van der Waals surface area contributed by atoms with Gasteiger partial charge in [-0.1, -0.05) is 69.9 Å². The molecule has 5 aromatic rings. The van der Waals surface area contributed by atoms with Gasteiger partial charge >= 0.3 is 11.9 Å². The molecule has 0 radical (unpaired) electrons. The molecule has 1 amide bonds. The van der Waals surface area contributed by atoms with Crippen LogP contribution in [0.4, 0.5) is 0 Å². The van der Waals surface area contributed by atoms with Gasteiger partial charge in [-0.25, -0.2) is 9.59 Å². The lowest BCUT2D eigenvalue weighted by Crippen LogP contribution is -2.37. The van der Waals surface area contributed by atoms with Crippen molar-refractivity contribution in [2.45, 2.75) is 84.1 Å². The smallest absolute Gasteiger partial charge is 0.336 e. The molecule has 0 heterocycles. The first-order valence-corrected chi connectivity index (χ1v) is 17.1. The molecule has 0 unspecified atom stereocenters. The predicted octanol–water partition coefficient (Wildman–Crippen LogP) is 9.23. The fourth-order valence-electron chi connectivity index (χ4n) is 8.42. The molecule has 0 aliphatic heterocycles. The highest BCUT2D eigenvalue weighted by atomic mass is 16.4. The molecule has 2 fully saturated rings. The quantitative estimate of drug-likeness (QED) is 0.0892. The van der Waals surface area contributed by atoms with Crippen molar-refractivity contribution in [2.75, 3.05) is 0 Å². The molecule has 2 saturated carbocycles. The maximum atomic E-state index is 13.8. The van der Waals surface area contributed by atoms with E-state index in [-0.39, 0.29) is 28.9 Å². The normalized spacial score (nSPS) is 21.8. The van der Waals surface area contributed by atoms with Crippen molar-refractivity contribution in [2.24, 2.45) is 17.8 Å². The van der Waals surface area contributed by atoms with Gasteiger partial charge in [0.05, 0.1) is 11.1 Å². The first-order valence-electron chi connectivity index (χ1n) is 17.1. The van der Waals surface area contributed by atoms with Gasteiger partial charge in [0.1, 0.15) is 0 Å². The van der Waals surface area contributed by atoms with Crippen molar-refractivity contribution in [3.05, 3.63) is 70.8 Å². The van der Waals surface area contributed by atoms with Gasteiger partial charge in [0.15, 0.2) is 5.78 Å². The first-order chi connectivity index (χ1) is 22.6. The van der Waals surface area contributed by atoms with Crippen LogP contribution in [0.15, 0.2) is 48.5 Å². The van der Waals surface area contributed by atoms with Crippen LogP contribution in [0.25, 0.3) is 43.1 Å². The van der Waals surface area contributed by atoms with Crippen LogP contribution >= 0.6 is 0 Å². The Morgan fingerprint density at radius 2 is 1.00 bits per heavy atom. The lowest BCUT2D eigenvalue weighted by atomic mass is 9.80. The summed E-state index contributed by atoms with van der Waals surface area (Å²) in [6.07, 6.45) is 9.63. The maximum absolute atomic E-state index is 13.8. The summed E-state index contributed by atoms with van der Waals surface area (Å²) in [5, 5.41) is 28.7. The van der Waals surface area contributed by atoms with E-state index < -0.39 is 11.9 Å². The third-order valence-electron chi connectivity index (χ3n) is 11.2. The Morgan fingerprint density at radius 3 is 1.49 bits per heavy atom. The molecule has 7 rings (SSSR count). The number of hydrogen-bond donors (Lipinski definition) is 3. The highest BCUT2D eigenvalue weighted by molar-refractivity contribution is 6.38. The average Bonchev–Trinajstić information content (AvgIpc) is 3.06. The summed E-state index contributed by atoms with van der Waals surface area (Å²) in [5.41, 5.74) is 0.832. The van der Waals surface area contributed by atoms with Crippen molar-refractivity contribution in [1.29, 1.82) is 0 Å². The zero-order valence-electron chi connectivity index (χ0n) is 27.0. The molecular formula is C40H41NO6. The van der Waals surface area contributed by atoms with E-state index in [9.17, 15) is 29.4 Å². The molecule has 242 valence electrons. The molecule has 0 bridgehead atoms. The number of carboxylic acids is 2. The largest absolute Gasteiger partial charge is 0.478 e. The molecule has 2 aliphatic carbocycles. The second-order valence-electron chi connectivity index (χ2n) is 14.3. The number of hydrogen-bond acceptors (Lipinski definition) is 4. The molecule has 3 N–H and O–H groups in total. The average molecular weight is 632 g/mol. The Labute approximate surface area is 273 Å². The van der Waals surface area contributed by atoms with Crippen molar-refractivity contribution in [1.82, 2.24) is 5.32 Å². The number of amides is 1. The van der Waals surface area contributed by atoms with E-state index in [1.807, 2.05) is 12.1 Å². The van der Waals surface area contributed by atoms with Gasteiger partial charge < -0.3 is 15.5 Å². The molecule has 0 saturated heterocycles. The Hall–Kier alpha value is -4.52. The lowest BCUT2D eigenvalue weighted by Gasteiger charge is -2.27. The number of carbonyl (C=O) groups excluding carboxylic acids is 2. The van der Waals surface area contributed by atoms with Crippen molar-refractivity contribution < 1.29 is 29.4 Å². The molecule has 0 aromatic heterocycles. The molecule has 5 aromatic carbocycles. The monoisotopic (exact) mass is 631 g/mol. The third kappa shape index (κ3) is 5.49. The number of Topliss-reactive ketones (excluding diaryl/α,β-unsaturated/α-hetero) is 1. The maximum Gasteiger partial charge on any atom is 0.336 e. The van der Waals surface area contributed by atoms with Gasteiger partial charge in [-0.2, -0.15) is 0 Å². The Balaban J connectivity index is 1.40. The van der Waals surface area contributed by atoms with Crippen LogP contribution < -0.4 is 5.32 Å². The van der Waals surface area contributed by atoms with Crippen LogP contribution in [-0.2, 0) is 0 Å². The summed E-state index contributed by atoms with van der Waals surface area (Å²) in [4.78, 5) is 52.8. The van der Waals surface area contributed by atoms with Crippen LogP contribution in [0.3, 0.4) is 0 Å². The summed E-state index contributed by atoms with van der Waals surface area (Å²) in [6, 6.07) is 13.7. The number of benzene rings is 5. The lowest BCUT2D eigenvalue weighted by molar-refractivity contribution is 0.0688. The zero-order chi connectivity index (χ0) is 33.0. The topological polar surface area (TPSA) is 121 Å². The Morgan fingerprint density at radius 1 is 0.574 bits per heavy atom. The van der Waals surface area contributed by atoms with E-state index in [4.69, 9.17) is 0 Å². The van der Waals surface area contributed by atoms with Gasteiger partial charge in [-0.3, -0.25) is 9.59 Å². The van der Waals surface area contributed by atoms with Gasteiger partial charge in [-0.15, -0.1) is 0 Å². The third-order valence-corrected chi connectivity index (χ3v) is 11.2. The van der Waals surface area contributed by atoms with E-state index in [1.165, 1.54) is 18.9 Å². The molecule has 7 nitrogen and oxygen atoms in total. The van der Waals surface area contributed by atoms with Gasteiger partial charge in [0.2, 0.25) is 0 Å². The van der Waals surface area contributed by atoms with Crippen LogP contribution in [0.2, 0.25) is 0 Å².